The Labute approximate surface area is 156 Å². The maximum absolute atomic E-state index is 13.2. The lowest BCUT2D eigenvalue weighted by Crippen LogP contribution is -2.34. The maximum atomic E-state index is 13.2. The van der Waals surface area contributed by atoms with Crippen LogP contribution in [-0.4, -0.2) is 34.0 Å². The number of hydrogen-bond acceptors (Lipinski definition) is 4. The SMILES string of the molecule is O=C(c1cc(-c2cccnc2)on1)N1CCCCC(c2ccc(F)cc2)C1. The summed E-state index contributed by atoms with van der Waals surface area (Å²) < 4.78 is 18.6. The van der Waals surface area contributed by atoms with Crippen molar-refractivity contribution in [2.24, 2.45) is 0 Å². The van der Waals surface area contributed by atoms with Crippen LogP contribution in [0.15, 0.2) is 59.4 Å². The Morgan fingerprint density at radius 1 is 1.19 bits per heavy atom. The van der Waals surface area contributed by atoms with E-state index in [4.69, 9.17) is 4.52 Å². The van der Waals surface area contributed by atoms with Crippen molar-refractivity contribution in [3.05, 3.63) is 71.9 Å². The third-order valence-electron chi connectivity index (χ3n) is 4.98. The molecule has 6 heteroatoms. The molecule has 5 nitrogen and oxygen atoms in total. The van der Waals surface area contributed by atoms with Crippen LogP contribution >= 0.6 is 0 Å². The predicted octanol–water partition coefficient (Wildman–Crippen LogP) is 4.29. The number of rotatable bonds is 3. The second kappa shape index (κ2) is 7.70. The Kier molecular flexibility index (Phi) is 4.96. The molecule has 138 valence electrons. The van der Waals surface area contributed by atoms with E-state index in [1.165, 1.54) is 12.1 Å². The molecule has 0 spiro atoms. The summed E-state index contributed by atoms with van der Waals surface area (Å²) in [6.45, 7) is 1.28. The van der Waals surface area contributed by atoms with Gasteiger partial charge in [-0.15, -0.1) is 0 Å². The third-order valence-corrected chi connectivity index (χ3v) is 4.98. The molecule has 0 aliphatic carbocycles. The second-order valence-electron chi connectivity index (χ2n) is 6.81. The highest BCUT2D eigenvalue weighted by Crippen LogP contribution is 2.28. The van der Waals surface area contributed by atoms with Crippen LogP contribution in [0.2, 0.25) is 0 Å². The Morgan fingerprint density at radius 2 is 2.04 bits per heavy atom. The maximum Gasteiger partial charge on any atom is 0.276 e. The van der Waals surface area contributed by atoms with Crippen molar-refractivity contribution in [3.63, 3.8) is 0 Å². The molecule has 1 aromatic carbocycles. The molecule has 1 saturated heterocycles. The first-order chi connectivity index (χ1) is 13.2. The number of amides is 1. The number of carbonyl (C=O) groups excluding carboxylic acids is 1. The highest BCUT2D eigenvalue weighted by molar-refractivity contribution is 5.93. The van der Waals surface area contributed by atoms with Crippen LogP contribution in [0.5, 0.6) is 0 Å². The summed E-state index contributed by atoms with van der Waals surface area (Å²) in [6.07, 6.45) is 6.31. The van der Waals surface area contributed by atoms with Crippen molar-refractivity contribution < 1.29 is 13.7 Å². The molecule has 4 rings (SSSR count). The summed E-state index contributed by atoms with van der Waals surface area (Å²) in [6, 6.07) is 11.9. The molecule has 0 saturated carbocycles. The van der Waals surface area contributed by atoms with E-state index in [0.29, 0.717) is 24.5 Å². The minimum Gasteiger partial charge on any atom is -0.355 e. The fourth-order valence-corrected chi connectivity index (χ4v) is 3.52. The van der Waals surface area contributed by atoms with Crippen LogP contribution in [-0.2, 0) is 0 Å². The van der Waals surface area contributed by atoms with Gasteiger partial charge in [0, 0.05) is 43.0 Å². The Balaban J connectivity index is 1.52. The van der Waals surface area contributed by atoms with Crippen LogP contribution in [0.25, 0.3) is 11.3 Å². The molecule has 0 radical (unpaired) electrons. The lowest BCUT2D eigenvalue weighted by atomic mass is 9.94. The van der Waals surface area contributed by atoms with E-state index in [1.807, 2.05) is 23.1 Å². The van der Waals surface area contributed by atoms with Gasteiger partial charge in [-0.3, -0.25) is 9.78 Å². The average Bonchev–Trinajstić information content (AvgIpc) is 3.07. The molecule has 1 aliphatic heterocycles. The predicted molar refractivity (Wildman–Crippen MR) is 98.6 cm³/mol. The van der Waals surface area contributed by atoms with Gasteiger partial charge < -0.3 is 9.42 Å². The minimum atomic E-state index is -0.245. The van der Waals surface area contributed by atoms with Gasteiger partial charge in [0.1, 0.15) is 5.82 Å². The Hall–Kier alpha value is -3.02. The van der Waals surface area contributed by atoms with E-state index in [9.17, 15) is 9.18 Å². The van der Waals surface area contributed by atoms with Crippen molar-refractivity contribution in [3.8, 4) is 11.3 Å². The van der Waals surface area contributed by atoms with E-state index in [0.717, 1.165) is 30.4 Å². The normalized spacial score (nSPS) is 17.5. The summed E-state index contributed by atoms with van der Waals surface area (Å²) in [7, 11) is 0. The smallest absolute Gasteiger partial charge is 0.276 e. The summed E-state index contributed by atoms with van der Waals surface area (Å²) in [5, 5.41) is 3.96. The summed E-state index contributed by atoms with van der Waals surface area (Å²) in [5.41, 5.74) is 2.14. The zero-order valence-corrected chi connectivity index (χ0v) is 14.8. The molecule has 1 atom stereocenters. The van der Waals surface area contributed by atoms with Crippen molar-refractivity contribution in [2.75, 3.05) is 13.1 Å². The molecular weight excluding hydrogens is 345 g/mol. The lowest BCUT2D eigenvalue weighted by molar-refractivity contribution is 0.0744. The molecule has 0 N–H and O–H groups in total. The fraction of sp³-hybridized carbons (Fsp3) is 0.286. The van der Waals surface area contributed by atoms with Crippen molar-refractivity contribution in [1.82, 2.24) is 15.0 Å². The van der Waals surface area contributed by atoms with Crippen LogP contribution in [0.3, 0.4) is 0 Å². The van der Waals surface area contributed by atoms with E-state index >= 15 is 0 Å². The highest BCUT2D eigenvalue weighted by Gasteiger charge is 2.26. The van der Waals surface area contributed by atoms with Crippen LogP contribution in [0, 0.1) is 5.82 Å². The monoisotopic (exact) mass is 365 g/mol. The first kappa shape index (κ1) is 17.4. The largest absolute Gasteiger partial charge is 0.355 e. The van der Waals surface area contributed by atoms with E-state index < -0.39 is 0 Å². The van der Waals surface area contributed by atoms with Gasteiger partial charge in [0.2, 0.25) is 0 Å². The Morgan fingerprint density at radius 3 is 2.81 bits per heavy atom. The van der Waals surface area contributed by atoms with Gasteiger partial charge in [0.05, 0.1) is 0 Å². The molecule has 3 aromatic rings. The highest BCUT2D eigenvalue weighted by atomic mass is 19.1. The van der Waals surface area contributed by atoms with Gasteiger partial charge in [0.25, 0.3) is 5.91 Å². The first-order valence-electron chi connectivity index (χ1n) is 9.12. The number of halogens is 1. The van der Waals surface area contributed by atoms with Gasteiger partial charge >= 0.3 is 0 Å². The molecule has 0 bridgehead atoms. The molecule has 3 heterocycles. The molecular formula is C21H20FN3O2. The van der Waals surface area contributed by atoms with Gasteiger partial charge in [-0.1, -0.05) is 23.7 Å². The number of likely N-dealkylation sites (tertiary alicyclic amines) is 1. The number of aromatic nitrogens is 2. The third kappa shape index (κ3) is 3.89. The first-order valence-corrected chi connectivity index (χ1v) is 9.12. The van der Waals surface area contributed by atoms with Crippen molar-refractivity contribution in [1.29, 1.82) is 0 Å². The van der Waals surface area contributed by atoms with Gasteiger partial charge in [-0.2, -0.15) is 0 Å². The van der Waals surface area contributed by atoms with Crippen molar-refractivity contribution >= 4 is 5.91 Å². The number of nitrogens with zero attached hydrogens (tertiary/aromatic N) is 3. The van der Waals surface area contributed by atoms with Crippen LogP contribution in [0.4, 0.5) is 4.39 Å². The van der Waals surface area contributed by atoms with E-state index in [-0.39, 0.29) is 17.6 Å². The second-order valence-corrected chi connectivity index (χ2v) is 6.81. The molecule has 1 amide bonds. The van der Waals surface area contributed by atoms with Crippen molar-refractivity contribution in [2.45, 2.75) is 25.2 Å². The fourth-order valence-electron chi connectivity index (χ4n) is 3.52. The number of carbonyl (C=O) groups is 1. The molecule has 1 aliphatic rings. The lowest BCUT2D eigenvalue weighted by Gasteiger charge is -2.24. The van der Waals surface area contributed by atoms with E-state index in [1.54, 1.807) is 24.5 Å². The molecule has 27 heavy (non-hydrogen) atoms. The Bertz CT molecular complexity index is 909. The van der Waals surface area contributed by atoms with Gasteiger partial charge in [-0.05, 0) is 42.7 Å². The van der Waals surface area contributed by atoms with Crippen LogP contribution < -0.4 is 0 Å². The van der Waals surface area contributed by atoms with Crippen LogP contribution in [0.1, 0.15) is 41.2 Å². The average molecular weight is 365 g/mol. The number of hydrogen-bond donors (Lipinski definition) is 0. The molecule has 2 aromatic heterocycles. The summed E-state index contributed by atoms with van der Waals surface area (Å²) >= 11 is 0. The zero-order chi connectivity index (χ0) is 18.6. The topological polar surface area (TPSA) is 59.2 Å². The summed E-state index contributed by atoms with van der Waals surface area (Å²) in [4.78, 5) is 18.8. The quantitative estimate of drug-likeness (QED) is 0.695. The molecule has 1 fully saturated rings. The van der Waals surface area contributed by atoms with Gasteiger partial charge in [-0.25, -0.2) is 4.39 Å². The number of pyridine rings is 1. The van der Waals surface area contributed by atoms with Gasteiger partial charge in [0.15, 0.2) is 11.5 Å². The molecule has 1 unspecified atom stereocenters. The standard InChI is InChI=1S/C21H20FN3O2/c22-18-8-6-15(7-9-18)17-4-1-2-11-25(14-17)21(26)19-12-20(27-24-19)16-5-3-10-23-13-16/h3,5-10,12-13,17H,1-2,4,11,14H2. The minimum absolute atomic E-state index is 0.136. The summed E-state index contributed by atoms with van der Waals surface area (Å²) in [5.74, 6) is 0.340. The number of benzene rings is 1. The van der Waals surface area contributed by atoms with E-state index in [2.05, 4.69) is 10.1 Å². The zero-order valence-electron chi connectivity index (χ0n) is 14.8.